The molecule has 3 fully saturated rings. The van der Waals surface area contributed by atoms with Crippen LogP contribution in [0.3, 0.4) is 0 Å². The van der Waals surface area contributed by atoms with Crippen molar-refractivity contribution >= 4 is 5.91 Å². The molecule has 4 nitrogen and oxygen atoms in total. The first-order chi connectivity index (χ1) is 12.1. The van der Waals surface area contributed by atoms with E-state index in [4.69, 9.17) is 9.47 Å². The van der Waals surface area contributed by atoms with E-state index in [0.717, 1.165) is 25.3 Å². The third-order valence-corrected chi connectivity index (χ3v) is 6.18. The van der Waals surface area contributed by atoms with Gasteiger partial charge in [0.05, 0.1) is 13.2 Å². The molecule has 4 rings (SSSR count). The molecule has 2 aliphatic carbocycles. The van der Waals surface area contributed by atoms with Crippen LogP contribution in [0.5, 0.6) is 5.75 Å². The average molecular weight is 351 g/mol. The lowest BCUT2D eigenvalue weighted by atomic mass is 9.61. The van der Waals surface area contributed by atoms with Gasteiger partial charge in [0, 0.05) is 24.5 Å². The molecule has 1 aromatic carbocycles. The molecule has 1 N–H and O–H groups in total. The lowest BCUT2D eigenvalue weighted by Gasteiger charge is -2.50. The van der Waals surface area contributed by atoms with Crippen LogP contribution in [0.1, 0.15) is 42.5 Å². The predicted molar refractivity (Wildman–Crippen MR) is 87.5 cm³/mol. The van der Waals surface area contributed by atoms with Gasteiger partial charge in [-0.1, -0.05) is 25.7 Å². The summed E-state index contributed by atoms with van der Waals surface area (Å²) in [7, 11) is 1.34. The van der Waals surface area contributed by atoms with Crippen LogP contribution >= 0.6 is 0 Å². The lowest BCUT2D eigenvalue weighted by Crippen LogP contribution is -2.63. The molecule has 0 radical (unpaired) electrons. The second kappa shape index (κ2) is 6.56. The van der Waals surface area contributed by atoms with E-state index < -0.39 is 17.5 Å². The second-order valence-electron chi connectivity index (χ2n) is 7.35. The average Bonchev–Trinajstić information content (AvgIpc) is 3.26. The molecule has 0 unspecified atom stereocenters. The SMILES string of the molecule is COc1ccc(F)c(F)c1C(=O)N[C@H]1[C@H]2CCO[C@H]2[C@H]1C1CCCC1. The minimum absolute atomic E-state index is 0.0320. The second-order valence-corrected chi connectivity index (χ2v) is 7.35. The summed E-state index contributed by atoms with van der Waals surface area (Å²) in [5, 5.41) is 2.97. The molecule has 0 aromatic heterocycles. The Kier molecular flexibility index (Phi) is 4.40. The quantitative estimate of drug-likeness (QED) is 0.905. The third-order valence-electron chi connectivity index (χ3n) is 6.18. The van der Waals surface area contributed by atoms with Crippen LogP contribution in [-0.2, 0) is 4.74 Å². The number of nitrogens with one attached hydrogen (secondary N) is 1. The predicted octanol–water partition coefficient (Wildman–Crippen LogP) is 3.30. The Labute approximate surface area is 145 Å². The third kappa shape index (κ3) is 2.71. The molecular weight excluding hydrogens is 328 g/mol. The summed E-state index contributed by atoms with van der Waals surface area (Å²) >= 11 is 0. The van der Waals surface area contributed by atoms with Gasteiger partial charge in [-0.05, 0) is 24.5 Å². The molecule has 1 aromatic rings. The molecule has 25 heavy (non-hydrogen) atoms. The summed E-state index contributed by atoms with van der Waals surface area (Å²) < 4.78 is 38.7. The summed E-state index contributed by atoms with van der Waals surface area (Å²) in [6, 6.07) is 2.22. The van der Waals surface area contributed by atoms with Crippen LogP contribution in [0.25, 0.3) is 0 Å². The van der Waals surface area contributed by atoms with Gasteiger partial charge in [-0.25, -0.2) is 8.78 Å². The van der Waals surface area contributed by atoms with Gasteiger partial charge in [0.25, 0.3) is 5.91 Å². The Morgan fingerprint density at radius 3 is 2.72 bits per heavy atom. The number of hydrogen-bond donors (Lipinski definition) is 1. The summed E-state index contributed by atoms with van der Waals surface area (Å²) in [6.07, 6.45) is 5.84. The van der Waals surface area contributed by atoms with Crippen molar-refractivity contribution in [2.45, 2.75) is 44.2 Å². The largest absolute Gasteiger partial charge is 0.496 e. The molecule has 0 spiro atoms. The van der Waals surface area contributed by atoms with Crippen molar-refractivity contribution in [1.82, 2.24) is 5.32 Å². The van der Waals surface area contributed by atoms with E-state index in [1.807, 2.05) is 0 Å². The fourth-order valence-electron chi connectivity index (χ4n) is 5.00. The Bertz CT molecular complexity index is 670. The summed E-state index contributed by atoms with van der Waals surface area (Å²) in [5.74, 6) is -1.66. The number of amides is 1. The van der Waals surface area contributed by atoms with Crippen LogP contribution in [0.4, 0.5) is 8.78 Å². The van der Waals surface area contributed by atoms with E-state index in [9.17, 15) is 13.6 Å². The number of carbonyl (C=O) groups is 1. The summed E-state index contributed by atoms with van der Waals surface area (Å²) in [4.78, 5) is 12.7. The fourth-order valence-corrected chi connectivity index (χ4v) is 5.00. The minimum atomic E-state index is -1.16. The van der Waals surface area contributed by atoms with Crippen molar-refractivity contribution in [2.75, 3.05) is 13.7 Å². The molecule has 1 saturated heterocycles. The molecule has 3 aliphatic rings. The first kappa shape index (κ1) is 16.8. The highest BCUT2D eigenvalue weighted by Crippen LogP contribution is 2.51. The zero-order chi connectivity index (χ0) is 17.6. The Morgan fingerprint density at radius 2 is 2.00 bits per heavy atom. The molecule has 136 valence electrons. The highest BCUT2D eigenvalue weighted by Gasteiger charge is 2.57. The monoisotopic (exact) mass is 351 g/mol. The maximum absolute atomic E-state index is 14.2. The van der Waals surface area contributed by atoms with Crippen LogP contribution in [0.2, 0.25) is 0 Å². The maximum Gasteiger partial charge on any atom is 0.258 e. The van der Waals surface area contributed by atoms with Gasteiger partial charge in [-0.3, -0.25) is 4.79 Å². The minimum Gasteiger partial charge on any atom is -0.496 e. The summed E-state index contributed by atoms with van der Waals surface area (Å²) in [6.45, 7) is 0.711. The Morgan fingerprint density at radius 1 is 1.24 bits per heavy atom. The van der Waals surface area contributed by atoms with Crippen molar-refractivity contribution in [2.24, 2.45) is 17.8 Å². The van der Waals surface area contributed by atoms with Gasteiger partial charge < -0.3 is 14.8 Å². The fraction of sp³-hybridized carbons (Fsp3) is 0.632. The van der Waals surface area contributed by atoms with Gasteiger partial charge in [0.15, 0.2) is 11.6 Å². The number of halogens is 2. The Hall–Kier alpha value is -1.69. The van der Waals surface area contributed by atoms with Gasteiger partial charge in [0.1, 0.15) is 11.3 Å². The number of hydrogen-bond acceptors (Lipinski definition) is 3. The first-order valence-electron chi connectivity index (χ1n) is 9.06. The molecule has 6 heteroatoms. The number of ether oxygens (including phenoxy) is 2. The van der Waals surface area contributed by atoms with Crippen LogP contribution in [0, 0.1) is 29.4 Å². The van der Waals surface area contributed by atoms with Crippen LogP contribution < -0.4 is 10.1 Å². The molecule has 2 saturated carbocycles. The molecule has 1 amide bonds. The van der Waals surface area contributed by atoms with Crippen LogP contribution in [-0.4, -0.2) is 31.8 Å². The van der Waals surface area contributed by atoms with E-state index in [2.05, 4.69) is 5.32 Å². The van der Waals surface area contributed by atoms with E-state index in [0.29, 0.717) is 12.5 Å². The van der Waals surface area contributed by atoms with E-state index in [1.165, 1.54) is 26.0 Å². The molecule has 0 bridgehead atoms. The smallest absolute Gasteiger partial charge is 0.258 e. The molecule has 1 aliphatic heterocycles. The van der Waals surface area contributed by atoms with E-state index in [1.54, 1.807) is 0 Å². The first-order valence-corrected chi connectivity index (χ1v) is 9.06. The zero-order valence-corrected chi connectivity index (χ0v) is 14.3. The molecule has 4 atom stereocenters. The summed E-state index contributed by atoms with van der Waals surface area (Å²) in [5.41, 5.74) is -0.352. The van der Waals surface area contributed by atoms with Crippen molar-refractivity contribution in [3.05, 3.63) is 29.3 Å². The topological polar surface area (TPSA) is 47.6 Å². The van der Waals surface area contributed by atoms with Gasteiger partial charge in [0.2, 0.25) is 0 Å². The van der Waals surface area contributed by atoms with Crippen molar-refractivity contribution in [1.29, 1.82) is 0 Å². The highest BCUT2D eigenvalue weighted by molar-refractivity contribution is 5.97. The maximum atomic E-state index is 14.2. The lowest BCUT2D eigenvalue weighted by molar-refractivity contribution is -0.0784. The number of methoxy groups -OCH3 is 1. The zero-order valence-electron chi connectivity index (χ0n) is 14.3. The van der Waals surface area contributed by atoms with Crippen molar-refractivity contribution in [3.63, 3.8) is 0 Å². The van der Waals surface area contributed by atoms with E-state index in [-0.39, 0.29) is 35.3 Å². The number of carbonyl (C=O) groups excluding carboxylic acids is 1. The Balaban J connectivity index is 1.57. The normalized spacial score (nSPS) is 31.5. The van der Waals surface area contributed by atoms with Gasteiger partial charge >= 0.3 is 0 Å². The standard InChI is InChI=1S/C19H23F2NO3/c1-24-13-7-6-12(20)16(21)15(13)19(23)22-17-11-8-9-25-18(11)14(17)10-4-2-3-5-10/h6-7,10-11,14,17-18H,2-5,8-9H2,1H3,(H,22,23)/t11-,14+,17+,18-/m1/s1. The van der Waals surface area contributed by atoms with Crippen LogP contribution in [0.15, 0.2) is 12.1 Å². The highest BCUT2D eigenvalue weighted by atomic mass is 19.2. The van der Waals surface area contributed by atoms with Crippen molar-refractivity contribution in [3.8, 4) is 5.75 Å². The van der Waals surface area contributed by atoms with Gasteiger partial charge in [-0.15, -0.1) is 0 Å². The number of rotatable bonds is 4. The van der Waals surface area contributed by atoms with E-state index >= 15 is 0 Å². The molecule has 1 heterocycles. The van der Waals surface area contributed by atoms with Crippen molar-refractivity contribution < 1.29 is 23.0 Å². The van der Waals surface area contributed by atoms with Gasteiger partial charge in [-0.2, -0.15) is 0 Å². The number of benzene rings is 1. The molecular formula is C19H23F2NO3. The number of fused-ring (bicyclic) bond motifs is 1.